The molecule has 112 valence electrons. The smallest absolute Gasteiger partial charge is 0.253 e. The van der Waals surface area contributed by atoms with Crippen LogP contribution in [0.1, 0.15) is 35.7 Å². The number of nitrogens with two attached hydrogens (primary N) is 1. The predicted molar refractivity (Wildman–Crippen MR) is 93.4 cm³/mol. The highest BCUT2D eigenvalue weighted by Crippen LogP contribution is 2.22. The SMILES string of the molecule is Cc1ccc(C(=O)N2CCC(C(C)N)CC2)cc1I.Cl. The van der Waals surface area contributed by atoms with Crippen LogP contribution in [0.3, 0.4) is 0 Å². The molecular formula is C15H22ClIN2O. The third kappa shape index (κ3) is 4.09. The van der Waals surface area contributed by atoms with Crippen molar-refractivity contribution < 1.29 is 4.79 Å². The molecule has 1 atom stereocenters. The van der Waals surface area contributed by atoms with E-state index in [0.717, 1.165) is 35.1 Å². The third-order valence-corrected chi connectivity index (χ3v) is 5.15. The van der Waals surface area contributed by atoms with Gasteiger partial charge in [-0.3, -0.25) is 4.79 Å². The Balaban J connectivity index is 0.00000200. The van der Waals surface area contributed by atoms with E-state index in [2.05, 4.69) is 36.4 Å². The van der Waals surface area contributed by atoms with Crippen LogP contribution in [-0.2, 0) is 0 Å². The molecule has 20 heavy (non-hydrogen) atoms. The van der Waals surface area contributed by atoms with Gasteiger partial charge in [-0.15, -0.1) is 12.4 Å². The normalized spacial score (nSPS) is 17.5. The first-order valence-corrected chi connectivity index (χ1v) is 7.88. The van der Waals surface area contributed by atoms with Crippen molar-refractivity contribution in [3.63, 3.8) is 0 Å². The molecule has 1 unspecified atom stereocenters. The van der Waals surface area contributed by atoms with Gasteiger partial charge in [0, 0.05) is 28.3 Å². The number of carbonyl (C=O) groups is 1. The first-order valence-electron chi connectivity index (χ1n) is 6.80. The van der Waals surface area contributed by atoms with Gasteiger partial charge in [-0.1, -0.05) is 6.07 Å². The number of likely N-dealkylation sites (tertiary alicyclic amines) is 1. The third-order valence-electron chi connectivity index (χ3n) is 3.99. The van der Waals surface area contributed by atoms with E-state index >= 15 is 0 Å². The monoisotopic (exact) mass is 408 g/mol. The largest absolute Gasteiger partial charge is 0.339 e. The van der Waals surface area contributed by atoms with Crippen LogP contribution in [0.25, 0.3) is 0 Å². The predicted octanol–water partition coefficient (Wildman–Crippen LogP) is 3.22. The number of amides is 1. The van der Waals surface area contributed by atoms with Crippen molar-refractivity contribution in [1.82, 2.24) is 4.90 Å². The number of piperidine rings is 1. The van der Waals surface area contributed by atoms with Crippen LogP contribution in [0.5, 0.6) is 0 Å². The molecule has 1 amide bonds. The summed E-state index contributed by atoms with van der Waals surface area (Å²) in [4.78, 5) is 14.4. The van der Waals surface area contributed by atoms with Gasteiger partial charge in [0.05, 0.1) is 0 Å². The van der Waals surface area contributed by atoms with Gasteiger partial charge in [0.25, 0.3) is 5.91 Å². The zero-order valence-corrected chi connectivity index (χ0v) is 14.9. The van der Waals surface area contributed by atoms with Crippen LogP contribution in [0.15, 0.2) is 18.2 Å². The van der Waals surface area contributed by atoms with Gasteiger partial charge < -0.3 is 10.6 Å². The van der Waals surface area contributed by atoms with Crippen molar-refractivity contribution in [2.24, 2.45) is 11.7 Å². The molecular weight excluding hydrogens is 387 g/mol. The molecule has 0 aliphatic carbocycles. The Labute approximate surface area is 140 Å². The zero-order chi connectivity index (χ0) is 14.0. The number of rotatable bonds is 2. The van der Waals surface area contributed by atoms with E-state index in [1.807, 2.05) is 23.1 Å². The van der Waals surface area contributed by atoms with Crippen molar-refractivity contribution in [2.75, 3.05) is 13.1 Å². The van der Waals surface area contributed by atoms with E-state index < -0.39 is 0 Å². The standard InChI is InChI=1S/C15H21IN2O.ClH/c1-10-3-4-13(9-14(10)16)15(19)18-7-5-12(6-8-18)11(2)17;/h3-4,9,11-12H,5-8,17H2,1-2H3;1H. The number of hydrogen-bond donors (Lipinski definition) is 1. The number of nitrogens with zero attached hydrogens (tertiary/aromatic N) is 1. The Morgan fingerprint density at radius 2 is 2.00 bits per heavy atom. The maximum Gasteiger partial charge on any atom is 0.253 e. The summed E-state index contributed by atoms with van der Waals surface area (Å²) in [7, 11) is 0. The van der Waals surface area contributed by atoms with Crippen molar-refractivity contribution in [3.8, 4) is 0 Å². The summed E-state index contributed by atoms with van der Waals surface area (Å²) >= 11 is 2.28. The summed E-state index contributed by atoms with van der Waals surface area (Å²) < 4.78 is 1.15. The summed E-state index contributed by atoms with van der Waals surface area (Å²) in [5.74, 6) is 0.711. The molecule has 1 aliphatic rings. The van der Waals surface area contributed by atoms with Crippen LogP contribution in [0.2, 0.25) is 0 Å². The number of carbonyl (C=O) groups excluding carboxylic acids is 1. The number of benzene rings is 1. The summed E-state index contributed by atoms with van der Waals surface area (Å²) in [6.07, 6.45) is 2.04. The first kappa shape index (κ1) is 17.7. The fraction of sp³-hybridized carbons (Fsp3) is 0.533. The lowest BCUT2D eigenvalue weighted by Gasteiger charge is -2.33. The van der Waals surface area contributed by atoms with E-state index in [4.69, 9.17) is 5.73 Å². The Hall–Kier alpha value is -0.330. The lowest BCUT2D eigenvalue weighted by molar-refractivity contribution is 0.0681. The Bertz CT molecular complexity index is 471. The lowest BCUT2D eigenvalue weighted by Crippen LogP contribution is -2.42. The van der Waals surface area contributed by atoms with Gasteiger partial charge in [-0.25, -0.2) is 0 Å². The van der Waals surface area contributed by atoms with Gasteiger partial charge in [-0.2, -0.15) is 0 Å². The molecule has 1 fully saturated rings. The Morgan fingerprint density at radius 3 is 2.50 bits per heavy atom. The second-order valence-electron chi connectivity index (χ2n) is 5.45. The van der Waals surface area contributed by atoms with Crippen LogP contribution < -0.4 is 5.73 Å². The van der Waals surface area contributed by atoms with E-state index in [-0.39, 0.29) is 24.4 Å². The average Bonchev–Trinajstić information content (AvgIpc) is 2.41. The topological polar surface area (TPSA) is 46.3 Å². The number of hydrogen-bond acceptors (Lipinski definition) is 2. The molecule has 0 saturated carbocycles. The first-order chi connectivity index (χ1) is 8.99. The van der Waals surface area contributed by atoms with E-state index in [9.17, 15) is 4.79 Å². The molecule has 1 saturated heterocycles. The van der Waals surface area contributed by atoms with Gasteiger partial charge in [0.1, 0.15) is 0 Å². The summed E-state index contributed by atoms with van der Waals surface area (Å²) in [6.45, 7) is 5.78. The molecule has 1 aromatic carbocycles. The van der Waals surface area contributed by atoms with Gasteiger partial charge in [0.15, 0.2) is 0 Å². The molecule has 1 aromatic rings. The maximum atomic E-state index is 12.4. The van der Waals surface area contributed by atoms with E-state index in [1.54, 1.807) is 0 Å². The molecule has 2 N–H and O–H groups in total. The maximum absolute atomic E-state index is 12.4. The molecule has 3 nitrogen and oxygen atoms in total. The fourth-order valence-corrected chi connectivity index (χ4v) is 3.05. The second kappa shape index (κ2) is 7.61. The van der Waals surface area contributed by atoms with Crippen LogP contribution in [0.4, 0.5) is 0 Å². The van der Waals surface area contributed by atoms with E-state index in [1.165, 1.54) is 5.56 Å². The van der Waals surface area contributed by atoms with Crippen LogP contribution >= 0.6 is 35.0 Å². The highest BCUT2D eigenvalue weighted by Gasteiger charge is 2.25. The zero-order valence-electron chi connectivity index (χ0n) is 11.9. The second-order valence-corrected chi connectivity index (χ2v) is 6.61. The molecule has 1 aliphatic heterocycles. The average molecular weight is 409 g/mol. The molecule has 1 heterocycles. The molecule has 0 bridgehead atoms. The fourth-order valence-electron chi connectivity index (χ4n) is 2.54. The van der Waals surface area contributed by atoms with Crippen LogP contribution in [-0.4, -0.2) is 29.9 Å². The van der Waals surface area contributed by atoms with Crippen LogP contribution in [0, 0.1) is 16.4 Å². The van der Waals surface area contributed by atoms with Gasteiger partial charge in [0.2, 0.25) is 0 Å². The highest BCUT2D eigenvalue weighted by molar-refractivity contribution is 14.1. The van der Waals surface area contributed by atoms with E-state index in [0.29, 0.717) is 5.92 Å². The quantitative estimate of drug-likeness (QED) is 0.764. The van der Waals surface area contributed by atoms with Crippen molar-refractivity contribution in [1.29, 1.82) is 0 Å². The number of halogens is 2. The van der Waals surface area contributed by atoms with Crippen molar-refractivity contribution in [3.05, 3.63) is 32.9 Å². The minimum Gasteiger partial charge on any atom is -0.339 e. The lowest BCUT2D eigenvalue weighted by atomic mass is 9.90. The Morgan fingerprint density at radius 1 is 1.40 bits per heavy atom. The molecule has 0 radical (unpaired) electrons. The Kier molecular flexibility index (Phi) is 6.75. The highest BCUT2D eigenvalue weighted by atomic mass is 127. The summed E-state index contributed by atoms with van der Waals surface area (Å²) in [5, 5.41) is 0. The minimum absolute atomic E-state index is 0. The summed E-state index contributed by atoms with van der Waals surface area (Å²) in [6, 6.07) is 6.16. The molecule has 2 rings (SSSR count). The van der Waals surface area contributed by atoms with Gasteiger partial charge in [-0.05, 0) is 72.9 Å². The van der Waals surface area contributed by atoms with Crippen molar-refractivity contribution >= 4 is 40.9 Å². The molecule has 0 aromatic heterocycles. The minimum atomic E-state index is 0. The molecule has 5 heteroatoms. The number of aryl methyl sites for hydroxylation is 1. The molecule has 0 spiro atoms. The van der Waals surface area contributed by atoms with Gasteiger partial charge >= 0.3 is 0 Å². The summed E-state index contributed by atoms with van der Waals surface area (Å²) in [5.41, 5.74) is 7.95. The van der Waals surface area contributed by atoms with Crippen molar-refractivity contribution in [2.45, 2.75) is 32.7 Å².